The maximum atomic E-state index is 13.1. The number of carbonyl (C=O) groups excluding carboxylic acids is 3. The molecule has 3 aromatic rings. The van der Waals surface area contributed by atoms with Crippen LogP contribution in [0.2, 0.25) is 0 Å². The molecule has 2 aliphatic carbocycles. The predicted molar refractivity (Wildman–Crippen MR) is 116 cm³/mol. The van der Waals surface area contributed by atoms with Crippen LogP contribution in [-0.4, -0.2) is 17.5 Å². The summed E-state index contributed by atoms with van der Waals surface area (Å²) in [6, 6.07) is 11.7. The average Bonchev–Trinajstić information content (AvgIpc) is 3.29. The van der Waals surface area contributed by atoms with E-state index in [1.165, 1.54) is 21.8 Å². The summed E-state index contributed by atoms with van der Waals surface area (Å²) in [5.74, 6) is -0.874. The molecule has 0 spiro atoms. The number of aryl methyl sites for hydroxylation is 2. The van der Waals surface area contributed by atoms with Crippen molar-refractivity contribution in [2.75, 3.05) is 11.1 Å². The Bertz CT molecular complexity index is 1180. The molecule has 0 saturated carbocycles. The molecule has 0 bridgehead atoms. The van der Waals surface area contributed by atoms with Crippen molar-refractivity contribution in [2.45, 2.75) is 19.3 Å². The van der Waals surface area contributed by atoms with Crippen LogP contribution in [0.15, 0.2) is 42.5 Å². The van der Waals surface area contributed by atoms with Gasteiger partial charge < -0.3 is 11.1 Å². The van der Waals surface area contributed by atoms with Gasteiger partial charge in [-0.05, 0) is 43.0 Å². The Hall–Kier alpha value is -2.96. The quantitative estimate of drug-likeness (QED) is 0.470. The van der Waals surface area contributed by atoms with Crippen molar-refractivity contribution in [2.24, 2.45) is 0 Å². The van der Waals surface area contributed by atoms with Crippen LogP contribution in [0.5, 0.6) is 0 Å². The maximum absolute atomic E-state index is 13.1. The number of nitrogen functional groups attached to an aromatic ring is 1. The van der Waals surface area contributed by atoms with E-state index >= 15 is 0 Å². The fourth-order valence-electron chi connectivity index (χ4n) is 3.98. The van der Waals surface area contributed by atoms with Crippen LogP contribution in [-0.2, 0) is 12.8 Å². The van der Waals surface area contributed by atoms with Gasteiger partial charge in [0.2, 0.25) is 0 Å². The van der Waals surface area contributed by atoms with Gasteiger partial charge in [0.25, 0.3) is 5.91 Å². The zero-order chi connectivity index (χ0) is 19.4. The largest absolute Gasteiger partial charge is 0.398 e. The first-order valence-corrected chi connectivity index (χ1v) is 9.90. The van der Waals surface area contributed by atoms with Gasteiger partial charge in [0.05, 0.1) is 21.7 Å². The molecular formula is C22H17ClN2O3S. The second-order valence-electron chi connectivity index (χ2n) is 7.02. The Labute approximate surface area is 177 Å². The van der Waals surface area contributed by atoms with E-state index in [2.05, 4.69) is 5.32 Å². The Balaban J connectivity index is 0.00000205. The number of thiophene rings is 1. The molecule has 0 fully saturated rings. The molecule has 1 heterocycles. The Morgan fingerprint density at radius 1 is 0.966 bits per heavy atom. The molecule has 7 heteroatoms. The summed E-state index contributed by atoms with van der Waals surface area (Å²) in [7, 11) is 0. The average molecular weight is 425 g/mol. The van der Waals surface area contributed by atoms with E-state index in [1.807, 2.05) is 6.07 Å². The molecule has 29 heavy (non-hydrogen) atoms. The van der Waals surface area contributed by atoms with E-state index in [1.54, 1.807) is 36.4 Å². The summed E-state index contributed by atoms with van der Waals surface area (Å²) in [5, 5.41) is 2.83. The van der Waals surface area contributed by atoms with E-state index in [9.17, 15) is 14.4 Å². The van der Waals surface area contributed by atoms with E-state index in [4.69, 9.17) is 5.73 Å². The first-order valence-electron chi connectivity index (χ1n) is 9.08. The summed E-state index contributed by atoms with van der Waals surface area (Å²) < 4.78 is 0. The fourth-order valence-corrected chi connectivity index (χ4v) is 5.13. The third kappa shape index (κ3) is 2.96. The minimum Gasteiger partial charge on any atom is -0.398 e. The number of amides is 1. The van der Waals surface area contributed by atoms with E-state index in [-0.39, 0.29) is 46.7 Å². The molecule has 146 valence electrons. The topological polar surface area (TPSA) is 89.3 Å². The van der Waals surface area contributed by atoms with Crippen LogP contribution in [0.1, 0.15) is 58.4 Å². The molecule has 0 unspecified atom stereocenters. The minimum atomic E-state index is -0.304. The zero-order valence-corrected chi connectivity index (χ0v) is 16.9. The van der Waals surface area contributed by atoms with Gasteiger partial charge in [-0.2, -0.15) is 0 Å². The van der Waals surface area contributed by atoms with Gasteiger partial charge in [0.1, 0.15) is 0 Å². The number of nitrogens with one attached hydrogen (secondary N) is 1. The lowest BCUT2D eigenvalue weighted by Crippen LogP contribution is -2.25. The van der Waals surface area contributed by atoms with Gasteiger partial charge in [-0.25, -0.2) is 0 Å². The number of ketones is 2. The van der Waals surface area contributed by atoms with Crippen molar-refractivity contribution < 1.29 is 14.4 Å². The predicted octanol–water partition coefficient (Wildman–Crippen LogP) is 4.27. The number of rotatable bonds is 2. The van der Waals surface area contributed by atoms with Crippen molar-refractivity contribution in [3.05, 3.63) is 80.0 Å². The lowest BCUT2D eigenvalue weighted by atomic mass is 9.82. The van der Waals surface area contributed by atoms with Crippen molar-refractivity contribution in [3.8, 4) is 0 Å². The van der Waals surface area contributed by atoms with Gasteiger partial charge in [-0.1, -0.05) is 24.3 Å². The van der Waals surface area contributed by atoms with Gasteiger partial charge >= 0.3 is 0 Å². The first kappa shape index (κ1) is 19.4. The number of anilines is 2. The Morgan fingerprint density at radius 3 is 2.34 bits per heavy atom. The number of nitrogens with two attached hydrogens (primary N) is 1. The summed E-state index contributed by atoms with van der Waals surface area (Å²) >= 11 is 1.49. The molecule has 0 atom stereocenters. The number of halogens is 1. The van der Waals surface area contributed by atoms with Crippen LogP contribution in [0.3, 0.4) is 0 Å². The van der Waals surface area contributed by atoms with Crippen LogP contribution >= 0.6 is 23.7 Å². The lowest BCUT2D eigenvalue weighted by molar-refractivity contribution is 0.0979. The first-order chi connectivity index (χ1) is 13.5. The summed E-state index contributed by atoms with van der Waals surface area (Å²) in [5.41, 5.74) is 8.80. The smallest absolute Gasteiger partial charge is 0.265 e. The highest BCUT2D eigenvalue weighted by atomic mass is 35.5. The van der Waals surface area contributed by atoms with E-state index in [0.29, 0.717) is 21.7 Å². The monoisotopic (exact) mass is 424 g/mol. The van der Waals surface area contributed by atoms with E-state index < -0.39 is 0 Å². The molecular weight excluding hydrogens is 408 g/mol. The van der Waals surface area contributed by atoms with Crippen molar-refractivity contribution >= 4 is 52.6 Å². The molecule has 5 rings (SSSR count). The summed E-state index contributed by atoms with van der Waals surface area (Å²) in [6.45, 7) is 0. The third-order valence-electron chi connectivity index (χ3n) is 5.33. The standard InChI is InChI=1S/C22H16N2O3S.ClH/c23-14-8-9-15(24-22(27)17-10-11-4-3-7-16(11)28-17)19-18(14)20(25)12-5-1-2-6-13(12)21(19)26;/h1-2,5-6,8-10H,3-4,7,23H2,(H,24,27);1H. The van der Waals surface area contributed by atoms with Crippen molar-refractivity contribution in [1.29, 1.82) is 0 Å². The van der Waals surface area contributed by atoms with Gasteiger partial charge in [0, 0.05) is 21.7 Å². The molecule has 1 aromatic heterocycles. The number of benzene rings is 2. The molecule has 2 aliphatic rings. The van der Waals surface area contributed by atoms with Crippen LogP contribution < -0.4 is 11.1 Å². The number of carbonyl (C=O) groups is 3. The second-order valence-corrected chi connectivity index (χ2v) is 8.16. The minimum absolute atomic E-state index is 0. The van der Waals surface area contributed by atoms with Crippen LogP contribution in [0.4, 0.5) is 11.4 Å². The lowest BCUT2D eigenvalue weighted by Gasteiger charge is -2.21. The Kier molecular flexibility index (Phi) is 4.76. The second kappa shape index (κ2) is 7.13. The van der Waals surface area contributed by atoms with Gasteiger partial charge in [-0.3, -0.25) is 14.4 Å². The maximum Gasteiger partial charge on any atom is 0.265 e. The van der Waals surface area contributed by atoms with Crippen molar-refractivity contribution in [1.82, 2.24) is 0 Å². The fraction of sp³-hybridized carbons (Fsp3) is 0.136. The Morgan fingerprint density at radius 2 is 1.66 bits per heavy atom. The molecule has 0 saturated heterocycles. The van der Waals surface area contributed by atoms with Crippen LogP contribution in [0, 0.1) is 0 Å². The number of hydrogen-bond donors (Lipinski definition) is 2. The summed E-state index contributed by atoms with van der Waals surface area (Å²) in [4.78, 5) is 40.7. The van der Waals surface area contributed by atoms with E-state index in [0.717, 1.165) is 19.3 Å². The molecule has 5 nitrogen and oxygen atoms in total. The highest BCUT2D eigenvalue weighted by Gasteiger charge is 2.33. The van der Waals surface area contributed by atoms with Gasteiger partial charge in [0.15, 0.2) is 11.6 Å². The molecule has 2 aromatic carbocycles. The SMILES string of the molecule is Cl.Nc1ccc(NC(=O)c2cc3c(s2)CCC3)c2c1C(=O)c1ccccc1C2=O. The highest BCUT2D eigenvalue weighted by Crippen LogP contribution is 2.36. The third-order valence-corrected chi connectivity index (χ3v) is 6.56. The molecule has 0 radical (unpaired) electrons. The number of hydrogen-bond acceptors (Lipinski definition) is 5. The van der Waals surface area contributed by atoms with Gasteiger partial charge in [-0.15, -0.1) is 23.7 Å². The summed E-state index contributed by atoms with van der Waals surface area (Å²) in [6.07, 6.45) is 3.14. The normalized spacial score (nSPS) is 13.9. The zero-order valence-electron chi connectivity index (χ0n) is 15.3. The van der Waals surface area contributed by atoms with Crippen molar-refractivity contribution in [3.63, 3.8) is 0 Å². The highest BCUT2D eigenvalue weighted by molar-refractivity contribution is 7.14. The molecule has 0 aliphatic heterocycles. The molecule has 3 N–H and O–H groups in total. The molecule has 1 amide bonds. The number of fused-ring (bicyclic) bond motifs is 3. The van der Waals surface area contributed by atoms with Crippen LogP contribution in [0.25, 0.3) is 0 Å².